The Kier molecular flexibility index (Phi) is 10.9. The van der Waals surface area contributed by atoms with E-state index in [1.54, 1.807) is 4.90 Å². The van der Waals surface area contributed by atoms with E-state index in [9.17, 15) is 9.59 Å². The molecule has 1 atom stereocenters. The number of hydrogen-bond acceptors (Lipinski definition) is 4. The number of amides is 2. The van der Waals surface area contributed by atoms with Crippen molar-refractivity contribution >= 4 is 12.0 Å². The van der Waals surface area contributed by atoms with Crippen molar-refractivity contribution in [2.75, 3.05) is 26.2 Å². The molecule has 30 heavy (non-hydrogen) atoms. The summed E-state index contributed by atoms with van der Waals surface area (Å²) < 4.78 is 5.28. The molecule has 2 fully saturated rings. The summed E-state index contributed by atoms with van der Waals surface area (Å²) in [6.45, 7) is 17.8. The molecule has 1 unspecified atom stereocenters. The van der Waals surface area contributed by atoms with Crippen LogP contribution in [0.1, 0.15) is 65.5 Å². The molecule has 6 nitrogen and oxygen atoms in total. The third kappa shape index (κ3) is 9.61. The number of piperazine rings is 1. The minimum Gasteiger partial charge on any atom is -0.444 e. The zero-order chi connectivity index (χ0) is 22.7. The molecule has 1 aromatic rings. The fourth-order valence-electron chi connectivity index (χ4n) is 3.21. The predicted molar refractivity (Wildman–Crippen MR) is 122 cm³/mol. The summed E-state index contributed by atoms with van der Waals surface area (Å²) in [6, 6.07) is 8.74. The quantitative estimate of drug-likeness (QED) is 0.774. The Hall–Kier alpha value is -2.08. The van der Waals surface area contributed by atoms with Gasteiger partial charge in [0, 0.05) is 45.2 Å². The normalized spacial score (nSPS) is 18.8. The number of rotatable bonds is 2. The van der Waals surface area contributed by atoms with Crippen molar-refractivity contribution < 1.29 is 14.3 Å². The van der Waals surface area contributed by atoms with Crippen LogP contribution >= 0.6 is 0 Å². The fraction of sp³-hybridized carbons (Fsp3) is 0.667. The van der Waals surface area contributed by atoms with Crippen LogP contribution in [0.2, 0.25) is 0 Å². The molecule has 0 aromatic heterocycles. The maximum atomic E-state index is 11.6. The lowest BCUT2D eigenvalue weighted by Gasteiger charge is -2.33. The first-order valence-corrected chi connectivity index (χ1v) is 11.2. The first kappa shape index (κ1) is 26.0. The third-order valence-electron chi connectivity index (χ3n) is 4.69. The second-order valence-corrected chi connectivity index (χ2v) is 8.69. The zero-order valence-electron chi connectivity index (χ0n) is 20.0. The van der Waals surface area contributed by atoms with Gasteiger partial charge in [0.2, 0.25) is 5.91 Å². The van der Waals surface area contributed by atoms with Crippen LogP contribution in [0.25, 0.3) is 0 Å². The van der Waals surface area contributed by atoms with Gasteiger partial charge in [-0.05, 0) is 46.6 Å². The average Bonchev–Trinajstić information content (AvgIpc) is 3.09. The molecule has 1 aromatic carbocycles. The highest BCUT2D eigenvalue weighted by Crippen LogP contribution is 2.14. The summed E-state index contributed by atoms with van der Waals surface area (Å²) in [5, 5.41) is 3.28. The first-order valence-electron chi connectivity index (χ1n) is 11.2. The molecule has 0 aliphatic carbocycles. The van der Waals surface area contributed by atoms with Gasteiger partial charge >= 0.3 is 6.09 Å². The van der Waals surface area contributed by atoms with Crippen molar-refractivity contribution in [1.29, 1.82) is 0 Å². The van der Waals surface area contributed by atoms with E-state index in [4.69, 9.17) is 4.74 Å². The van der Waals surface area contributed by atoms with Crippen molar-refractivity contribution in [3.8, 4) is 0 Å². The van der Waals surface area contributed by atoms with E-state index in [2.05, 4.69) is 43.4 Å². The Labute approximate surface area is 183 Å². The highest BCUT2D eigenvalue weighted by Gasteiger charge is 2.25. The number of carbonyl (C=O) groups is 2. The molecule has 2 aliphatic rings. The minimum atomic E-state index is -0.398. The second-order valence-electron chi connectivity index (χ2n) is 8.69. The number of hydrogen-bond donors (Lipinski definition) is 1. The van der Waals surface area contributed by atoms with E-state index in [0.29, 0.717) is 11.9 Å². The fourth-order valence-corrected chi connectivity index (χ4v) is 3.21. The zero-order valence-corrected chi connectivity index (χ0v) is 20.0. The molecular formula is C24H41N3O3. The highest BCUT2D eigenvalue weighted by atomic mass is 16.6. The molecule has 0 bridgehead atoms. The van der Waals surface area contributed by atoms with Crippen LogP contribution in [0, 0.1) is 6.92 Å². The minimum absolute atomic E-state index is 0.203. The topological polar surface area (TPSA) is 61.9 Å². The van der Waals surface area contributed by atoms with Gasteiger partial charge in [0.15, 0.2) is 0 Å². The van der Waals surface area contributed by atoms with Crippen LogP contribution in [-0.2, 0) is 16.1 Å². The average molecular weight is 420 g/mol. The molecule has 0 spiro atoms. The summed E-state index contributed by atoms with van der Waals surface area (Å²) >= 11 is 0. The van der Waals surface area contributed by atoms with Gasteiger partial charge in [0.25, 0.3) is 0 Å². The van der Waals surface area contributed by atoms with Gasteiger partial charge in [-0.3, -0.25) is 4.79 Å². The summed E-state index contributed by atoms with van der Waals surface area (Å²) in [4.78, 5) is 26.7. The Balaban J connectivity index is 0.000000277. The van der Waals surface area contributed by atoms with Gasteiger partial charge < -0.3 is 19.9 Å². The van der Waals surface area contributed by atoms with Gasteiger partial charge in [-0.15, -0.1) is 0 Å². The van der Waals surface area contributed by atoms with Gasteiger partial charge in [0.1, 0.15) is 5.60 Å². The molecule has 6 heteroatoms. The van der Waals surface area contributed by atoms with E-state index >= 15 is 0 Å². The van der Waals surface area contributed by atoms with Crippen LogP contribution in [0.4, 0.5) is 4.79 Å². The standard InChI is InChI=1S/C12H15NO.C10H20N2O2.C2H6/c1-10-4-6-11(7-5-10)9-13-8-2-3-12(13)14;1-8-7-12(6-5-11-8)9(13)14-10(2,3)4;1-2/h4-7H,2-3,8-9H2,1H3;8,11H,5-7H2,1-4H3;1-2H3. The molecule has 2 saturated heterocycles. The van der Waals surface area contributed by atoms with Crippen LogP contribution in [0.5, 0.6) is 0 Å². The lowest BCUT2D eigenvalue weighted by Crippen LogP contribution is -2.52. The lowest BCUT2D eigenvalue weighted by molar-refractivity contribution is -0.128. The number of likely N-dealkylation sites (tertiary alicyclic amines) is 1. The van der Waals surface area contributed by atoms with Crippen molar-refractivity contribution in [3.63, 3.8) is 0 Å². The van der Waals surface area contributed by atoms with Crippen LogP contribution in [-0.4, -0.2) is 59.6 Å². The molecule has 0 saturated carbocycles. The second kappa shape index (κ2) is 12.6. The smallest absolute Gasteiger partial charge is 0.410 e. The van der Waals surface area contributed by atoms with Crippen LogP contribution in [0.3, 0.4) is 0 Å². The molecule has 0 radical (unpaired) electrons. The maximum Gasteiger partial charge on any atom is 0.410 e. The Morgan fingerprint density at radius 1 is 1.17 bits per heavy atom. The molecule has 2 heterocycles. The van der Waals surface area contributed by atoms with E-state index < -0.39 is 5.60 Å². The highest BCUT2D eigenvalue weighted by molar-refractivity contribution is 5.78. The number of nitrogens with zero attached hydrogens (tertiary/aromatic N) is 2. The lowest BCUT2D eigenvalue weighted by atomic mass is 10.1. The summed E-state index contributed by atoms with van der Waals surface area (Å²) in [5.41, 5.74) is 2.10. The molecule has 1 N–H and O–H groups in total. The van der Waals surface area contributed by atoms with Gasteiger partial charge in [-0.1, -0.05) is 43.7 Å². The van der Waals surface area contributed by atoms with Crippen molar-refractivity contribution in [2.45, 2.75) is 79.5 Å². The summed E-state index contributed by atoms with van der Waals surface area (Å²) in [7, 11) is 0. The monoisotopic (exact) mass is 419 g/mol. The Morgan fingerprint density at radius 3 is 2.30 bits per heavy atom. The SMILES string of the molecule is CC.CC1CN(C(=O)OC(C)(C)C)CCN1.Cc1ccc(CN2CCCC2=O)cc1. The number of aryl methyl sites for hydroxylation is 1. The van der Waals surface area contributed by atoms with Crippen molar-refractivity contribution in [3.05, 3.63) is 35.4 Å². The number of carbonyl (C=O) groups excluding carboxylic acids is 2. The predicted octanol–water partition coefficient (Wildman–Crippen LogP) is 4.36. The van der Waals surface area contributed by atoms with Gasteiger partial charge in [0.05, 0.1) is 0 Å². The number of ether oxygens (including phenoxy) is 1. The third-order valence-corrected chi connectivity index (χ3v) is 4.69. The molecule has 170 valence electrons. The molecule has 2 aliphatic heterocycles. The van der Waals surface area contributed by atoms with Gasteiger partial charge in [-0.2, -0.15) is 0 Å². The van der Waals surface area contributed by atoms with E-state index in [-0.39, 0.29) is 6.09 Å². The first-order chi connectivity index (χ1) is 14.1. The van der Waals surface area contributed by atoms with E-state index in [1.807, 2.05) is 39.5 Å². The molecular weight excluding hydrogens is 378 g/mol. The number of benzene rings is 1. The van der Waals surface area contributed by atoms with Crippen LogP contribution < -0.4 is 5.32 Å². The molecule has 3 rings (SSSR count). The molecule has 2 amide bonds. The van der Waals surface area contributed by atoms with E-state index in [0.717, 1.165) is 45.6 Å². The largest absolute Gasteiger partial charge is 0.444 e. The van der Waals surface area contributed by atoms with Crippen molar-refractivity contribution in [1.82, 2.24) is 15.1 Å². The Bertz CT molecular complexity index is 653. The van der Waals surface area contributed by atoms with Crippen molar-refractivity contribution in [2.24, 2.45) is 0 Å². The van der Waals surface area contributed by atoms with Crippen LogP contribution in [0.15, 0.2) is 24.3 Å². The summed E-state index contributed by atoms with van der Waals surface area (Å²) in [5.74, 6) is 0.297. The maximum absolute atomic E-state index is 11.6. The van der Waals surface area contributed by atoms with Gasteiger partial charge in [-0.25, -0.2) is 4.79 Å². The Morgan fingerprint density at radius 2 is 1.80 bits per heavy atom. The summed E-state index contributed by atoms with van der Waals surface area (Å²) in [6.07, 6.45) is 1.54. The van der Waals surface area contributed by atoms with E-state index in [1.165, 1.54) is 11.1 Å². The number of nitrogens with one attached hydrogen (secondary N) is 1.